The summed E-state index contributed by atoms with van der Waals surface area (Å²) in [6, 6.07) is 0. The van der Waals surface area contributed by atoms with Crippen LogP contribution in [0, 0.1) is 0 Å². The fraction of sp³-hybridized carbons (Fsp3) is 0.400. The van der Waals surface area contributed by atoms with Gasteiger partial charge in [-0.3, -0.25) is 0 Å². The summed E-state index contributed by atoms with van der Waals surface area (Å²) in [5.74, 6) is 0. The fourth-order valence-electron chi connectivity index (χ4n) is 1.29. The van der Waals surface area contributed by atoms with Crippen LogP contribution in [0.1, 0.15) is 0 Å². The predicted octanol–water partition coefficient (Wildman–Crippen LogP) is 1.70. The van der Waals surface area contributed by atoms with Gasteiger partial charge in [0, 0.05) is 0 Å². The van der Waals surface area contributed by atoms with Crippen LogP contribution in [0.3, 0.4) is 0 Å². The predicted molar refractivity (Wildman–Crippen MR) is 49.0 cm³/mol. The van der Waals surface area contributed by atoms with E-state index >= 15 is 0 Å². The van der Waals surface area contributed by atoms with Gasteiger partial charge in [-0.2, -0.15) is 0 Å². The summed E-state index contributed by atoms with van der Waals surface area (Å²) in [4.78, 5) is 0. The molecule has 0 aliphatic carbocycles. The molecule has 2 nitrogen and oxygen atoms in total. The van der Waals surface area contributed by atoms with Crippen LogP contribution in [-0.4, -0.2) is 24.9 Å². The average molecular weight is 166 g/mol. The first kappa shape index (κ1) is 9.23. The van der Waals surface area contributed by atoms with Gasteiger partial charge in [0.05, 0.1) is 13.2 Å². The van der Waals surface area contributed by atoms with Crippen molar-refractivity contribution in [1.29, 1.82) is 0 Å². The molecule has 66 valence electrons. The third-order valence-corrected chi connectivity index (χ3v) is 2.03. The highest BCUT2D eigenvalue weighted by molar-refractivity contribution is 5.19. The van der Waals surface area contributed by atoms with E-state index in [9.17, 15) is 0 Å². The highest BCUT2D eigenvalue weighted by Gasteiger charge is 2.35. The van der Waals surface area contributed by atoms with Gasteiger partial charge in [0.25, 0.3) is 0 Å². The molecule has 0 aromatic rings. The molecule has 0 amide bonds. The molecule has 0 radical (unpaired) electrons. The van der Waals surface area contributed by atoms with Crippen molar-refractivity contribution >= 4 is 0 Å². The van der Waals surface area contributed by atoms with Gasteiger partial charge in [0.2, 0.25) is 0 Å². The standard InChI is InChI=1S/C10H14O2/c1-4-9-10(5-2,6-3)12-8-7-11-9/h4-6,9H,1-3,7-8H2. The minimum Gasteiger partial charge on any atom is -0.368 e. The van der Waals surface area contributed by atoms with Crippen LogP contribution >= 0.6 is 0 Å². The largest absolute Gasteiger partial charge is 0.368 e. The Kier molecular flexibility index (Phi) is 2.84. The summed E-state index contributed by atoms with van der Waals surface area (Å²) in [6.07, 6.45) is 4.95. The maximum absolute atomic E-state index is 5.54. The van der Waals surface area contributed by atoms with Crippen molar-refractivity contribution in [2.75, 3.05) is 13.2 Å². The fourth-order valence-corrected chi connectivity index (χ4v) is 1.29. The van der Waals surface area contributed by atoms with E-state index in [1.165, 1.54) is 0 Å². The number of ether oxygens (including phenoxy) is 2. The maximum Gasteiger partial charge on any atom is 0.134 e. The van der Waals surface area contributed by atoms with Crippen molar-refractivity contribution in [2.24, 2.45) is 0 Å². The first-order valence-electron chi connectivity index (χ1n) is 3.94. The van der Waals surface area contributed by atoms with Crippen molar-refractivity contribution in [2.45, 2.75) is 11.7 Å². The lowest BCUT2D eigenvalue weighted by Crippen LogP contribution is -2.46. The smallest absolute Gasteiger partial charge is 0.134 e. The molecule has 1 unspecified atom stereocenters. The molecule has 1 aliphatic rings. The van der Waals surface area contributed by atoms with Gasteiger partial charge in [-0.1, -0.05) is 31.4 Å². The first-order valence-corrected chi connectivity index (χ1v) is 3.94. The summed E-state index contributed by atoms with van der Waals surface area (Å²) in [5, 5.41) is 0. The molecular weight excluding hydrogens is 152 g/mol. The van der Waals surface area contributed by atoms with E-state index in [1.807, 2.05) is 0 Å². The molecule has 12 heavy (non-hydrogen) atoms. The van der Waals surface area contributed by atoms with Gasteiger partial charge < -0.3 is 9.47 Å². The van der Waals surface area contributed by atoms with Gasteiger partial charge in [-0.05, 0) is 0 Å². The first-order chi connectivity index (χ1) is 5.79. The molecule has 2 heteroatoms. The second-order valence-electron chi connectivity index (χ2n) is 2.64. The summed E-state index contributed by atoms with van der Waals surface area (Å²) >= 11 is 0. The normalized spacial score (nSPS) is 27.5. The molecule has 1 fully saturated rings. The molecule has 1 rings (SSSR count). The van der Waals surface area contributed by atoms with E-state index in [2.05, 4.69) is 19.7 Å². The van der Waals surface area contributed by atoms with E-state index < -0.39 is 5.60 Å². The summed E-state index contributed by atoms with van der Waals surface area (Å²) < 4.78 is 11.0. The Morgan fingerprint density at radius 2 is 1.83 bits per heavy atom. The molecule has 1 atom stereocenters. The van der Waals surface area contributed by atoms with E-state index in [4.69, 9.17) is 9.47 Å². The van der Waals surface area contributed by atoms with Crippen molar-refractivity contribution in [1.82, 2.24) is 0 Å². The molecule has 0 N–H and O–H groups in total. The van der Waals surface area contributed by atoms with Crippen molar-refractivity contribution in [3.8, 4) is 0 Å². The van der Waals surface area contributed by atoms with E-state index in [-0.39, 0.29) is 6.10 Å². The lowest BCUT2D eigenvalue weighted by molar-refractivity contribution is -0.139. The van der Waals surface area contributed by atoms with Crippen LogP contribution in [0.15, 0.2) is 38.0 Å². The van der Waals surface area contributed by atoms with Gasteiger partial charge in [-0.25, -0.2) is 0 Å². The Bertz CT molecular complexity index is 188. The Morgan fingerprint density at radius 1 is 1.17 bits per heavy atom. The van der Waals surface area contributed by atoms with Gasteiger partial charge in [0.1, 0.15) is 11.7 Å². The topological polar surface area (TPSA) is 18.5 Å². The SMILES string of the molecule is C=CC1OCCOC1(C=C)C=C. The summed E-state index contributed by atoms with van der Waals surface area (Å²) in [5.41, 5.74) is -0.583. The van der Waals surface area contributed by atoms with E-state index in [0.717, 1.165) is 0 Å². The van der Waals surface area contributed by atoms with Crippen LogP contribution in [0.2, 0.25) is 0 Å². The van der Waals surface area contributed by atoms with E-state index in [0.29, 0.717) is 13.2 Å². The number of hydrogen-bond donors (Lipinski definition) is 0. The van der Waals surface area contributed by atoms with Crippen molar-refractivity contribution < 1.29 is 9.47 Å². The molecule has 0 saturated carbocycles. The molecule has 0 bridgehead atoms. The number of rotatable bonds is 3. The average Bonchev–Trinajstić information content (AvgIpc) is 2.17. The van der Waals surface area contributed by atoms with Crippen LogP contribution in [0.25, 0.3) is 0 Å². The van der Waals surface area contributed by atoms with Crippen molar-refractivity contribution in [3.05, 3.63) is 38.0 Å². The zero-order valence-corrected chi connectivity index (χ0v) is 7.16. The van der Waals surface area contributed by atoms with Crippen LogP contribution in [0.4, 0.5) is 0 Å². The second-order valence-corrected chi connectivity index (χ2v) is 2.64. The van der Waals surface area contributed by atoms with Gasteiger partial charge in [0.15, 0.2) is 0 Å². The Morgan fingerprint density at radius 3 is 2.25 bits per heavy atom. The van der Waals surface area contributed by atoms with Crippen LogP contribution < -0.4 is 0 Å². The van der Waals surface area contributed by atoms with E-state index in [1.54, 1.807) is 18.2 Å². The Hall–Kier alpha value is -0.860. The zero-order valence-electron chi connectivity index (χ0n) is 7.16. The molecule has 0 spiro atoms. The summed E-state index contributed by atoms with van der Waals surface area (Å²) in [7, 11) is 0. The second kappa shape index (κ2) is 3.70. The van der Waals surface area contributed by atoms with Crippen LogP contribution in [0.5, 0.6) is 0 Å². The minimum absolute atomic E-state index is 0.166. The number of hydrogen-bond acceptors (Lipinski definition) is 2. The van der Waals surface area contributed by atoms with Gasteiger partial charge >= 0.3 is 0 Å². The van der Waals surface area contributed by atoms with Gasteiger partial charge in [-0.15, -0.1) is 6.58 Å². The highest BCUT2D eigenvalue weighted by Crippen LogP contribution is 2.26. The molecular formula is C10H14O2. The Labute approximate surface area is 73.2 Å². The lowest BCUT2D eigenvalue weighted by Gasteiger charge is -2.37. The Balaban J connectivity index is 2.86. The summed E-state index contributed by atoms with van der Waals surface area (Å²) in [6.45, 7) is 12.2. The molecule has 1 aliphatic heterocycles. The lowest BCUT2D eigenvalue weighted by atomic mass is 9.95. The maximum atomic E-state index is 5.54. The minimum atomic E-state index is -0.583. The molecule has 0 aromatic heterocycles. The molecule has 0 aromatic carbocycles. The molecule has 1 saturated heterocycles. The van der Waals surface area contributed by atoms with Crippen LogP contribution in [-0.2, 0) is 9.47 Å². The monoisotopic (exact) mass is 166 g/mol. The quantitative estimate of drug-likeness (QED) is 0.594. The third kappa shape index (κ3) is 1.36. The zero-order chi connectivity index (χ0) is 9.03. The van der Waals surface area contributed by atoms with Crippen molar-refractivity contribution in [3.63, 3.8) is 0 Å². The molecule has 1 heterocycles. The third-order valence-electron chi connectivity index (χ3n) is 2.03. The highest BCUT2D eigenvalue weighted by atomic mass is 16.6.